The van der Waals surface area contributed by atoms with E-state index in [1.165, 1.54) is 39.0 Å². The molecule has 1 aliphatic carbocycles. The maximum absolute atomic E-state index is 12.2. The molecule has 0 radical (unpaired) electrons. The lowest BCUT2D eigenvalue weighted by Gasteiger charge is -2.24. The summed E-state index contributed by atoms with van der Waals surface area (Å²) in [5, 5.41) is 0. The van der Waals surface area contributed by atoms with E-state index in [1.54, 1.807) is 4.90 Å². The van der Waals surface area contributed by atoms with Gasteiger partial charge < -0.3 is 4.90 Å². The summed E-state index contributed by atoms with van der Waals surface area (Å²) < 4.78 is 0. The largest absolute Gasteiger partial charge is 0.331 e. The van der Waals surface area contributed by atoms with Gasteiger partial charge >= 0.3 is 0 Å². The van der Waals surface area contributed by atoms with E-state index in [-0.39, 0.29) is 18.2 Å². The van der Waals surface area contributed by atoms with Crippen molar-refractivity contribution in [3.05, 3.63) is 35.9 Å². The maximum atomic E-state index is 12.2. The van der Waals surface area contributed by atoms with Crippen molar-refractivity contribution in [2.75, 3.05) is 6.54 Å². The molecule has 0 heterocycles. The monoisotopic (exact) mass is 287 g/mol. The molecule has 0 N–H and O–H groups in total. The van der Waals surface area contributed by atoms with Crippen LogP contribution in [0.2, 0.25) is 0 Å². The van der Waals surface area contributed by atoms with Crippen LogP contribution in [0, 0.1) is 5.92 Å². The smallest absolute Gasteiger partial charge is 0.220 e. The number of ketones is 1. The fraction of sp³-hybridized carbons (Fsp3) is 0.556. The second-order valence-electron chi connectivity index (χ2n) is 6.11. The minimum absolute atomic E-state index is 0.0316. The number of nitrogens with zero attached hydrogens (tertiary/aromatic N) is 1. The summed E-state index contributed by atoms with van der Waals surface area (Å²) in [7, 11) is 0. The van der Waals surface area contributed by atoms with Crippen molar-refractivity contribution in [1.82, 2.24) is 4.90 Å². The Balaban J connectivity index is 1.86. The number of amides is 1. The molecule has 0 aliphatic heterocycles. The normalized spacial score (nSPS) is 15.7. The lowest BCUT2D eigenvalue weighted by atomic mass is 9.86. The van der Waals surface area contributed by atoms with Gasteiger partial charge in [0.05, 0.1) is 6.54 Å². The topological polar surface area (TPSA) is 37.4 Å². The molecule has 0 bridgehead atoms. The molecule has 1 aliphatic rings. The highest BCUT2D eigenvalue weighted by molar-refractivity contribution is 5.85. The van der Waals surface area contributed by atoms with Crippen LogP contribution in [0.1, 0.15) is 51.0 Å². The van der Waals surface area contributed by atoms with E-state index in [2.05, 4.69) is 0 Å². The minimum Gasteiger partial charge on any atom is -0.331 e. The Morgan fingerprint density at radius 2 is 1.76 bits per heavy atom. The second-order valence-corrected chi connectivity index (χ2v) is 6.11. The summed E-state index contributed by atoms with van der Waals surface area (Å²) in [5.41, 5.74) is 1.07. The van der Waals surface area contributed by atoms with Gasteiger partial charge in [-0.25, -0.2) is 0 Å². The molecule has 1 saturated carbocycles. The minimum atomic E-state index is -0.0316. The van der Waals surface area contributed by atoms with Crippen LogP contribution in [0.25, 0.3) is 0 Å². The van der Waals surface area contributed by atoms with Gasteiger partial charge in [-0.3, -0.25) is 9.59 Å². The van der Waals surface area contributed by atoms with Gasteiger partial charge in [0.15, 0.2) is 5.78 Å². The zero-order valence-corrected chi connectivity index (χ0v) is 12.9. The van der Waals surface area contributed by atoms with Crippen molar-refractivity contribution in [2.45, 2.75) is 52.0 Å². The quantitative estimate of drug-likeness (QED) is 0.802. The van der Waals surface area contributed by atoms with Gasteiger partial charge in [-0.15, -0.1) is 0 Å². The van der Waals surface area contributed by atoms with Gasteiger partial charge in [0.2, 0.25) is 5.91 Å². The molecule has 1 fully saturated rings. The Bertz CT molecular complexity index is 463. The summed E-state index contributed by atoms with van der Waals surface area (Å²) >= 11 is 0. The molecule has 114 valence electrons. The first-order valence-corrected chi connectivity index (χ1v) is 7.96. The number of hydrogen-bond donors (Lipinski definition) is 0. The summed E-state index contributed by atoms with van der Waals surface area (Å²) in [6.45, 7) is 2.31. The molecule has 1 aromatic rings. The van der Waals surface area contributed by atoms with Crippen molar-refractivity contribution < 1.29 is 9.59 Å². The Labute approximate surface area is 127 Å². The molecule has 0 aromatic heterocycles. The molecule has 0 spiro atoms. The van der Waals surface area contributed by atoms with Crippen LogP contribution in [0.4, 0.5) is 0 Å². The zero-order valence-electron chi connectivity index (χ0n) is 12.9. The van der Waals surface area contributed by atoms with Crippen LogP contribution in [0.3, 0.4) is 0 Å². The average molecular weight is 287 g/mol. The highest BCUT2D eigenvalue weighted by atomic mass is 16.2. The molecule has 0 saturated heterocycles. The fourth-order valence-corrected chi connectivity index (χ4v) is 3.07. The van der Waals surface area contributed by atoms with Crippen molar-refractivity contribution in [1.29, 1.82) is 0 Å². The highest BCUT2D eigenvalue weighted by Gasteiger charge is 2.20. The Kier molecular flexibility index (Phi) is 5.97. The van der Waals surface area contributed by atoms with Crippen molar-refractivity contribution in [3.8, 4) is 0 Å². The molecular formula is C18H25NO2. The van der Waals surface area contributed by atoms with Crippen LogP contribution >= 0.6 is 0 Å². The predicted molar refractivity (Wildman–Crippen MR) is 83.7 cm³/mol. The fourth-order valence-electron chi connectivity index (χ4n) is 3.07. The van der Waals surface area contributed by atoms with Crippen LogP contribution in [0.5, 0.6) is 0 Å². The highest BCUT2D eigenvalue weighted by Crippen LogP contribution is 2.26. The van der Waals surface area contributed by atoms with Crippen LogP contribution in [-0.2, 0) is 16.1 Å². The SMILES string of the molecule is CC(=O)N(CC(=O)CC1CCCCC1)Cc1ccccc1. The third-order valence-corrected chi connectivity index (χ3v) is 4.27. The number of benzene rings is 1. The van der Waals surface area contributed by atoms with Gasteiger partial charge in [-0.05, 0) is 11.5 Å². The number of rotatable bonds is 6. The first-order chi connectivity index (χ1) is 10.1. The van der Waals surface area contributed by atoms with Crippen molar-refractivity contribution in [3.63, 3.8) is 0 Å². The zero-order chi connectivity index (χ0) is 15.1. The van der Waals surface area contributed by atoms with E-state index in [4.69, 9.17) is 0 Å². The maximum Gasteiger partial charge on any atom is 0.220 e. The molecule has 3 nitrogen and oxygen atoms in total. The van der Waals surface area contributed by atoms with E-state index in [0.29, 0.717) is 18.9 Å². The van der Waals surface area contributed by atoms with Crippen molar-refractivity contribution in [2.24, 2.45) is 5.92 Å². The van der Waals surface area contributed by atoms with Crippen LogP contribution in [-0.4, -0.2) is 23.1 Å². The third kappa shape index (κ3) is 5.33. The summed E-state index contributed by atoms with van der Waals surface area (Å²) in [6, 6.07) is 9.84. The first-order valence-electron chi connectivity index (χ1n) is 7.96. The van der Waals surface area contributed by atoms with Gasteiger partial charge in [-0.1, -0.05) is 62.4 Å². The average Bonchev–Trinajstić information content (AvgIpc) is 2.48. The van der Waals surface area contributed by atoms with E-state index in [0.717, 1.165) is 5.56 Å². The lowest BCUT2D eigenvalue weighted by molar-refractivity contribution is -0.134. The van der Waals surface area contributed by atoms with Gasteiger partial charge in [-0.2, -0.15) is 0 Å². The number of Topliss-reactive ketones (excluding diaryl/α,β-unsaturated/α-hetero) is 1. The summed E-state index contributed by atoms with van der Waals surface area (Å²) in [5.74, 6) is 0.709. The second kappa shape index (κ2) is 7.96. The molecular weight excluding hydrogens is 262 g/mol. The summed E-state index contributed by atoms with van der Waals surface area (Å²) in [6.07, 6.45) is 6.78. The van der Waals surface area contributed by atoms with Crippen LogP contribution in [0.15, 0.2) is 30.3 Å². The van der Waals surface area contributed by atoms with E-state index >= 15 is 0 Å². The number of hydrogen-bond acceptors (Lipinski definition) is 2. The van der Waals surface area contributed by atoms with E-state index < -0.39 is 0 Å². The predicted octanol–water partition coefficient (Wildman–Crippen LogP) is 3.57. The molecule has 2 rings (SSSR count). The molecule has 21 heavy (non-hydrogen) atoms. The standard InChI is InChI=1S/C18H25NO2/c1-15(20)19(13-17-10-6-3-7-11-17)14-18(21)12-16-8-4-2-5-9-16/h3,6-7,10-11,16H,2,4-5,8-9,12-14H2,1H3. The molecule has 1 aromatic carbocycles. The van der Waals surface area contributed by atoms with E-state index in [1.807, 2.05) is 30.3 Å². The molecule has 0 unspecified atom stereocenters. The summed E-state index contributed by atoms with van der Waals surface area (Å²) in [4.78, 5) is 25.6. The molecule has 0 atom stereocenters. The molecule has 3 heteroatoms. The number of carbonyl (C=O) groups excluding carboxylic acids is 2. The van der Waals surface area contributed by atoms with Gasteiger partial charge in [0.25, 0.3) is 0 Å². The molecule has 1 amide bonds. The third-order valence-electron chi connectivity index (χ3n) is 4.27. The Morgan fingerprint density at radius 3 is 2.38 bits per heavy atom. The van der Waals surface area contributed by atoms with Gasteiger partial charge in [0.1, 0.15) is 0 Å². The van der Waals surface area contributed by atoms with Gasteiger partial charge in [0, 0.05) is 19.9 Å². The Hall–Kier alpha value is -1.64. The van der Waals surface area contributed by atoms with Crippen LogP contribution < -0.4 is 0 Å². The van der Waals surface area contributed by atoms with E-state index in [9.17, 15) is 9.59 Å². The first kappa shape index (κ1) is 15.7. The Morgan fingerprint density at radius 1 is 1.10 bits per heavy atom. The lowest BCUT2D eigenvalue weighted by Crippen LogP contribution is -2.34. The number of carbonyl (C=O) groups is 2. The van der Waals surface area contributed by atoms with Crippen molar-refractivity contribution >= 4 is 11.7 Å².